The van der Waals surface area contributed by atoms with Crippen molar-refractivity contribution in [3.8, 4) is 5.75 Å². The standard InChI is InChI=1S/C19H18F2N4O2S/c1-8-14-16(22)23-9(2)24-18(14)28-15(8)17(26)25-13-7-12(13)10-3-5-11(6-4-10)27-19(20)21/h3-6,12-13,19H,7H2,1-2H3,(H,25,26)(H2,22,23,24)/t12-,13+/m0/s1. The van der Waals surface area contributed by atoms with Crippen LogP contribution < -0.4 is 15.8 Å². The van der Waals surface area contributed by atoms with E-state index in [0.717, 1.165) is 22.9 Å². The van der Waals surface area contributed by atoms with Crippen molar-refractivity contribution in [2.45, 2.75) is 38.8 Å². The Morgan fingerprint density at radius 1 is 1.29 bits per heavy atom. The SMILES string of the molecule is Cc1nc(N)c2c(C)c(C(=O)N[C@@H]3C[C@H]3c3ccc(OC(F)F)cc3)sc2n1. The highest BCUT2D eigenvalue weighted by Crippen LogP contribution is 2.42. The molecule has 6 nitrogen and oxygen atoms in total. The first kappa shape index (κ1) is 18.5. The summed E-state index contributed by atoms with van der Waals surface area (Å²) in [5.74, 6) is 1.06. The number of nitrogens with two attached hydrogens (primary N) is 1. The first-order chi connectivity index (χ1) is 13.3. The third kappa shape index (κ3) is 3.49. The van der Waals surface area contributed by atoms with E-state index < -0.39 is 6.61 Å². The highest BCUT2D eigenvalue weighted by atomic mass is 32.1. The van der Waals surface area contributed by atoms with Gasteiger partial charge in [-0.2, -0.15) is 8.78 Å². The Hall–Kier alpha value is -2.81. The molecule has 0 radical (unpaired) electrons. The molecule has 0 aliphatic heterocycles. The van der Waals surface area contributed by atoms with Gasteiger partial charge in [0.1, 0.15) is 22.2 Å². The maximum atomic E-state index is 12.7. The molecule has 3 N–H and O–H groups in total. The minimum atomic E-state index is -2.84. The van der Waals surface area contributed by atoms with E-state index in [-0.39, 0.29) is 23.6 Å². The average Bonchev–Trinajstić information content (AvgIpc) is 3.29. The van der Waals surface area contributed by atoms with Crippen LogP contribution in [0.2, 0.25) is 0 Å². The van der Waals surface area contributed by atoms with Crippen molar-refractivity contribution in [3.05, 3.63) is 46.1 Å². The van der Waals surface area contributed by atoms with Crippen LogP contribution in [0.15, 0.2) is 24.3 Å². The van der Waals surface area contributed by atoms with Crippen LogP contribution in [-0.2, 0) is 0 Å². The third-order valence-electron chi connectivity index (χ3n) is 4.78. The van der Waals surface area contributed by atoms with E-state index >= 15 is 0 Å². The maximum absolute atomic E-state index is 12.7. The number of benzene rings is 1. The van der Waals surface area contributed by atoms with Gasteiger partial charge in [-0.15, -0.1) is 11.3 Å². The zero-order chi connectivity index (χ0) is 20.0. The number of thiophene rings is 1. The van der Waals surface area contributed by atoms with E-state index in [2.05, 4.69) is 20.0 Å². The van der Waals surface area contributed by atoms with Crippen molar-refractivity contribution >= 4 is 33.3 Å². The van der Waals surface area contributed by atoms with Gasteiger partial charge in [0.25, 0.3) is 5.91 Å². The minimum Gasteiger partial charge on any atom is -0.435 e. The molecule has 0 bridgehead atoms. The molecular formula is C19H18F2N4O2S. The molecule has 1 aromatic carbocycles. The first-order valence-corrected chi connectivity index (χ1v) is 9.54. The molecule has 3 aromatic rings. The van der Waals surface area contributed by atoms with Crippen LogP contribution in [0.25, 0.3) is 10.2 Å². The number of hydrogen-bond acceptors (Lipinski definition) is 6. The Morgan fingerprint density at radius 2 is 2.00 bits per heavy atom. The number of aromatic nitrogens is 2. The van der Waals surface area contributed by atoms with Crippen LogP contribution in [0.1, 0.15) is 39.0 Å². The van der Waals surface area contributed by atoms with Crippen LogP contribution in [0.5, 0.6) is 5.75 Å². The molecule has 28 heavy (non-hydrogen) atoms. The molecule has 2 aromatic heterocycles. The summed E-state index contributed by atoms with van der Waals surface area (Å²) in [4.78, 5) is 22.6. The molecule has 1 saturated carbocycles. The third-order valence-corrected chi connectivity index (χ3v) is 5.96. The topological polar surface area (TPSA) is 90.1 Å². The number of nitrogens with zero attached hydrogens (tertiary/aromatic N) is 2. The van der Waals surface area contributed by atoms with E-state index in [4.69, 9.17) is 5.73 Å². The second kappa shape index (κ2) is 6.97. The van der Waals surface area contributed by atoms with Gasteiger partial charge >= 0.3 is 6.61 Å². The number of alkyl halides is 2. The van der Waals surface area contributed by atoms with Crippen LogP contribution in [0.4, 0.5) is 14.6 Å². The Balaban J connectivity index is 1.46. The van der Waals surface area contributed by atoms with Crippen LogP contribution >= 0.6 is 11.3 Å². The number of halogens is 2. The summed E-state index contributed by atoms with van der Waals surface area (Å²) in [6.07, 6.45) is 0.797. The minimum absolute atomic E-state index is 0.00384. The summed E-state index contributed by atoms with van der Waals surface area (Å²) in [5.41, 5.74) is 7.75. The lowest BCUT2D eigenvalue weighted by Gasteiger charge is -2.07. The van der Waals surface area contributed by atoms with E-state index in [0.29, 0.717) is 21.3 Å². The number of carbonyl (C=O) groups is 1. The second-order valence-electron chi connectivity index (χ2n) is 6.76. The number of amides is 1. The van der Waals surface area contributed by atoms with Gasteiger partial charge in [0.05, 0.1) is 10.3 Å². The summed E-state index contributed by atoms with van der Waals surface area (Å²) >= 11 is 1.30. The van der Waals surface area contributed by atoms with Crippen molar-refractivity contribution in [1.29, 1.82) is 0 Å². The quantitative estimate of drug-likeness (QED) is 0.676. The molecular weight excluding hydrogens is 386 g/mol. The fraction of sp³-hybridized carbons (Fsp3) is 0.316. The number of anilines is 1. The van der Waals surface area contributed by atoms with E-state index in [1.165, 1.54) is 23.5 Å². The fourth-order valence-electron chi connectivity index (χ4n) is 3.35. The molecule has 1 aliphatic carbocycles. The highest BCUT2D eigenvalue weighted by Gasteiger charge is 2.40. The van der Waals surface area contributed by atoms with Gasteiger partial charge in [-0.25, -0.2) is 9.97 Å². The van der Waals surface area contributed by atoms with E-state index in [1.54, 1.807) is 19.1 Å². The summed E-state index contributed by atoms with van der Waals surface area (Å²) in [6, 6.07) is 6.53. The molecule has 9 heteroatoms. The van der Waals surface area contributed by atoms with Crippen molar-refractivity contribution < 1.29 is 18.3 Å². The number of aryl methyl sites for hydroxylation is 2. The Kier molecular flexibility index (Phi) is 4.62. The number of nitrogen functional groups attached to an aromatic ring is 1. The molecule has 1 aliphatic rings. The van der Waals surface area contributed by atoms with Crippen LogP contribution in [0.3, 0.4) is 0 Å². The lowest BCUT2D eigenvalue weighted by molar-refractivity contribution is -0.0498. The number of hydrogen-bond donors (Lipinski definition) is 2. The number of carbonyl (C=O) groups excluding carboxylic acids is 1. The summed E-state index contributed by atoms with van der Waals surface area (Å²) in [7, 11) is 0. The van der Waals surface area contributed by atoms with Crippen molar-refractivity contribution in [2.24, 2.45) is 0 Å². The van der Waals surface area contributed by atoms with Crippen molar-refractivity contribution in [2.75, 3.05) is 5.73 Å². The normalized spacial score (nSPS) is 18.5. The second-order valence-corrected chi connectivity index (χ2v) is 7.76. The smallest absolute Gasteiger partial charge is 0.387 e. The van der Waals surface area contributed by atoms with Gasteiger partial charge in [0.2, 0.25) is 0 Å². The van der Waals surface area contributed by atoms with E-state index in [1.807, 2.05) is 6.92 Å². The van der Waals surface area contributed by atoms with Crippen LogP contribution in [-0.4, -0.2) is 28.5 Å². The monoisotopic (exact) mass is 404 g/mol. The van der Waals surface area contributed by atoms with Crippen molar-refractivity contribution in [3.63, 3.8) is 0 Å². The van der Waals surface area contributed by atoms with Gasteiger partial charge in [-0.3, -0.25) is 4.79 Å². The molecule has 146 valence electrons. The van der Waals surface area contributed by atoms with Crippen LogP contribution in [0, 0.1) is 13.8 Å². The predicted molar refractivity (Wildman–Crippen MR) is 103 cm³/mol. The van der Waals surface area contributed by atoms with E-state index in [9.17, 15) is 13.6 Å². The lowest BCUT2D eigenvalue weighted by atomic mass is 10.1. The average molecular weight is 404 g/mol. The largest absolute Gasteiger partial charge is 0.435 e. The number of ether oxygens (including phenoxy) is 1. The molecule has 0 unspecified atom stereocenters. The zero-order valence-corrected chi connectivity index (χ0v) is 16.0. The highest BCUT2D eigenvalue weighted by molar-refractivity contribution is 7.20. The van der Waals surface area contributed by atoms with Crippen molar-refractivity contribution in [1.82, 2.24) is 15.3 Å². The van der Waals surface area contributed by atoms with Gasteiger partial charge < -0.3 is 15.8 Å². The zero-order valence-electron chi connectivity index (χ0n) is 15.2. The molecule has 1 fully saturated rings. The first-order valence-electron chi connectivity index (χ1n) is 8.72. The van der Waals surface area contributed by atoms with Gasteiger partial charge in [0.15, 0.2) is 0 Å². The molecule has 4 rings (SSSR count). The molecule has 2 atom stereocenters. The Bertz CT molecular complexity index is 1050. The van der Waals surface area contributed by atoms with Gasteiger partial charge in [-0.05, 0) is 43.5 Å². The Morgan fingerprint density at radius 3 is 2.68 bits per heavy atom. The Labute approximate surface area is 163 Å². The molecule has 0 spiro atoms. The fourth-order valence-corrected chi connectivity index (χ4v) is 4.49. The predicted octanol–water partition coefficient (Wildman–Crippen LogP) is 3.78. The lowest BCUT2D eigenvalue weighted by Crippen LogP contribution is -2.26. The number of fused-ring (bicyclic) bond motifs is 1. The number of rotatable bonds is 5. The maximum Gasteiger partial charge on any atom is 0.387 e. The molecule has 0 saturated heterocycles. The molecule has 1 amide bonds. The molecule has 2 heterocycles. The summed E-state index contributed by atoms with van der Waals surface area (Å²) in [5, 5.41) is 3.76. The summed E-state index contributed by atoms with van der Waals surface area (Å²) in [6.45, 7) is 0.761. The number of nitrogens with one attached hydrogen (secondary N) is 1. The van der Waals surface area contributed by atoms with Gasteiger partial charge in [0, 0.05) is 12.0 Å². The van der Waals surface area contributed by atoms with Gasteiger partial charge in [-0.1, -0.05) is 12.1 Å². The summed E-state index contributed by atoms with van der Waals surface area (Å²) < 4.78 is 28.8.